The van der Waals surface area contributed by atoms with Gasteiger partial charge in [-0.3, -0.25) is 9.36 Å². The summed E-state index contributed by atoms with van der Waals surface area (Å²) in [4.78, 5) is 18.8. The van der Waals surface area contributed by atoms with E-state index in [0.717, 1.165) is 49.6 Å². The van der Waals surface area contributed by atoms with Crippen molar-refractivity contribution in [3.63, 3.8) is 0 Å². The molecule has 1 aliphatic rings. The van der Waals surface area contributed by atoms with Crippen molar-refractivity contribution >= 4 is 39.5 Å². The van der Waals surface area contributed by atoms with E-state index in [1.807, 2.05) is 36.4 Å². The van der Waals surface area contributed by atoms with Gasteiger partial charge >= 0.3 is 0 Å². The van der Waals surface area contributed by atoms with Crippen molar-refractivity contribution in [2.45, 2.75) is 22.2 Å². The fourth-order valence-electron chi connectivity index (χ4n) is 2.88. The molecule has 1 aromatic heterocycles. The molecule has 138 valence electrons. The zero-order chi connectivity index (χ0) is 18.8. The molecule has 0 N–H and O–H groups in total. The van der Waals surface area contributed by atoms with Crippen molar-refractivity contribution in [1.82, 2.24) is 9.55 Å². The Morgan fingerprint density at radius 2 is 1.93 bits per heavy atom. The highest BCUT2D eigenvalue weighted by Gasteiger charge is 2.22. The molecular formula is C20H17BrN2O2S2. The highest BCUT2D eigenvalue weighted by Crippen LogP contribution is 2.31. The van der Waals surface area contributed by atoms with Crippen LogP contribution < -0.4 is 10.3 Å². The summed E-state index contributed by atoms with van der Waals surface area (Å²) in [6.45, 7) is 0. The molecule has 0 saturated heterocycles. The number of aryl methyl sites for hydroxylation is 1. The lowest BCUT2D eigenvalue weighted by Gasteiger charge is -2.14. The van der Waals surface area contributed by atoms with Crippen LogP contribution in [0.5, 0.6) is 5.75 Å². The molecule has 7 heteroatoms. The number of methoxy groups -OCH3 is 1. The molecule has 0 saturated carbocycles. The lowest BCUT2D eigenvalue weighted by molar-refractivity contribution is 0.414. The van der Waals surface area contributed by atoms with Crippen LogP contribution in [0.1, 0.15) is 11.3 Å². The van der Waals surface area contributed by atoms with E-state index >= 15 is 0 Å². The number of aromatic nitrogens is 2. The number of hydrogen-bond acceptors (Lipinski definition) is 5. The lowest BCUT2D eigenvalue weighted by atomic mass is 10.2. The summed E-state index contributed by atoms with van der Waals surface area (Å²) in [5.74, 6) is 2.43. The second kappa shape index (κ2) is 8.12. The molecule has 0 aliphatic carbocycles. The quantitative estimate of drug-likeness (QED) is 0.398. The molecule has 0 bridgehead atoms. The molecule has 1 aliphatic heterocycles. The molecule has 0 atom stereocenters. The predicted molar refractivity (Wildman–Crippen MR) is 115 cm³/mol. The van der Waals surface area contributed by atoms with Gasteiger partial charge in [-0.05, 0) is 42.0 Å². The number of ether oxygens (including phenoxy) is 1. The summed E-state index contributed by atoms with van der Waals surface area (Å²) >= 11 is 6.65. The van der Waals surface area contributed by atoms with Gasteiger partial charge in [-0.15, -0.1) is 11.8 Å². The summed E-state index contributed by atoms with van der Waals surface area (Å²) in [5.41, 5.74) is 2.94. The average Bonchev–Trinajstić information content (AvgIpc) is 3.17. The average molecular weight is 461 g/mol. The van der Waals surface area contributed by atoms with Gasteiger partial charge in [0.15, 0.2) is 5.16 Å². The number of nitrogens with zero attached hydrogens (tertiary/aromatic N) is 2. The zero-order valence-corrected chi connectivity index (χ0v) is 17.9. The Labute approximate surface area is 174 Å². The van der Waals surface area contributed by atoms with E-state index in [1.54, 1.807) is 35.2 Å². The molecule has 4 nitrogen and oxygen atoms in total. The molecule has 0 fully saturated rings. The minimum atomic E-state index is 0.0194. The highest BCUT2D eigenvalue weighted by atomic mass is 79.9. The van der Waals surface area contributed by atoms with Gasteiger partial charge in [0, 0.05) is 22.4 Å². The van der Waals surface area contributed by atoms with Crippen LogP contribution in [0.15, 0.2) is 67.9 Å². The number of benzene rings is 2. The Balaban J connectivity index is 1.73. The van der Waals surface area contributed by atoms with Crippen LogP contribution >= 0.6 is 39.5 Å². The normalized spacial score (nSPS) is 12.8. The third kappa shape index (κ3) is 3.95. The van der Waals surface area contributed by atoms with Crippen LogP contribution in [0, 0.1) is 0 Å². The van der Waals surface area contributed by atoms with Gasteiger partial charge in [-0.1, -0.05) is 39.8 Å². The number of rotatable bonds is 5. The van der Waals surface area contributed by atoms with Crippen LogP contribution in [0.3, 0.4) is 0 Å². The van der Waals surface area contributed by atoms with Crippen molar-refractivity contribution in [2.24, 2.45) is 0 Å². The van der Waals surface area contributed by atoms with Crippen molar-refractivity contribution in [1.29, 1.82) is 0 Å². The first-order valence-electron chi connectivity index (χ1n) is 8.46. The zero-order valence-electron chi connectivity index (χ0n) is 14.6. The standard InChI is InChI=1S/C20H17BrN2O2S2/c1-25-16-8-6-15(7-9-16)23-19(24)18-17(10-11-26-18)22-20(23)27-12-13-2-4-14(21)5-3-13/h2-9H,10-12H2,1H3. The number of thioether (sulfide) groups is 2. The smallest absolute Gasteiger partial charge is 0.272 e. The van der Waals surface area contributed by atoms with E-state index in [4.69, 9.17) is 9.72 Å². The van der Waals surface area contributed by atoms with Gasteiger partial charge in [-0.25, -0.2) is 4.98 Å². The van der Waals surface area contributed by atoms with Crippen molar-refractivity contribution in [3.05, 3.63) is 74.6 Å². The molecule has 2 heterocycles. The van der Waals surface area contributed by atoms with Crippen LogP contribution in [-0.4, -0.2) is 22.4 Å². The topological polar surface area (TPSA) is 44.1 Å². The fraction of sp³-hybridized carbons (Fsp3) is 0.200. The summed E-state index contributed by atoms with van der Waals surface area (Å²) in [7, 11) is 1.63. The Kier molecular flexibility index (Phi) is 5.61. The van der Waals surface area contributed by atoms with Crippen LogP contribution in [-0.2, 0) is 12.2 Å². The SMILES string of the molecule is COc1ccc(-n2c(SCc3ccc(Br)cc3)nc3c(c2=O)SCC3)cc1. The van der Waals surface area contributed by atoms with E-state index < -0.39 is 0 Å². The largest absolute Gasteiger partial charge is 0.497 e. The second-order valence-corrected chi connectivity index (χ2v) is 8.99. The number of hydrogen-bond donors (Lipinski definition) is 0. The summed E-state index contributed by atoms with van der Waals surface area (Å²) in [5, 5.41) is 0.731. The first kappa shape index (κ1) is 18.7. The first-order chi connectivity index (χ1) is 13.2. The van der Waals surface area contributed by atoms with Gasteiger partial charge < -0.3 is 4.74 Å². The fourth-order valence-corrected chi connectivity index (χ4v) is 5.15. The second-order valence-electron chi connectivity index (χ2n) is 6.02. The Morgan fingerprint density at radius 1 is 1.19 bits per heavy atom. The van der Waals surface area contributed by atoms with Crippen molar-refractivity contribution < 1.29 is 4.74 Å². The summed E-state index contributed by atoms with van der Waals surface area (Å²) in [6, 6.07) is 15.7. The lowest BCUT2D eigenvalue weighted by Crippen LogP contribution is -2.23. The molecule has 0 amide bonds. The van der Waals surface area contributed by atoms with Crippen LogP contribution in [0.4, 0.5) is 0 Å². The molecule has 0 unspecified atom stereocenters. The van der Waals surface area contributed by atoms with Crippen molar-refractivity contribution in [2.75, 3.05) is 12.9 Å². The van der Waals surface area contributed by atoms with Crippen molar-refractivity contribution in [3.8, 4) is 11.4 Å². The number of halogens is 1. The summed E-state index contributed by atoms with van der Waals surface area (Å²) in [6.07, 6.45) is 0.852. The maximum absolute atomic E-state index is 13.1. The third-order valence-corrected chi connectivity index (χ3v) is 6.92. The predicted octanol–water partition coefficient (Wildman–Crippen LogP) is 4.94. The van der Waals surface area contributed by atoms with E-state index in [0.29, 0.717) is 0 Å². The van der Waals surface area contributed by atoms with E-state index in [9.17, 15) is 4.79 Å². The third-order valence-electron chi connectivity index (χ3n) is 4.28. The molecule has 0 radical (unpaired) electrons. The molecular weight excluding hydrogens is 444 g/mol. The number of fused-ring (bicyclic) bond motifs is 1. The molecule has 2 aromatic carbocycles. The van der Waals surface area contributed by atoms with E-state index in [2.05, 4.69) is 28.1 Å². The Bertz CT molecular complexity index is 1020. The Hall–Kier alpha value is -1.70. The molecule has 27 heavy (non-hydrogen) atoms. The molecule has 0 spiro atoms. The van der Waals surface area contributed by atoms with Gasteiger partial charge in [0.05, 0.1) is 23.4 Å². The highest BCUT2D eigenvalue weighted by molar-refractivity contribution is 9.10. The molecule has 3 aromatic rings. The van der Waals surface area contributed by atoms with Gasteiger partial charge in [-0.2, -0.15) is 0 Å². The van der Waals surface area contributed by atoms with E-state index in [1.165, 1.54) is 5.56 Å². The maximum Gasteiger partial charge on any atom is 0.272 e. The first-order valence-corrected chi connectivity index (χ1v) is 11.2. The Morgan fingerprint density at radius 3 is 2.63 bits per heavy atom. The van der Waals surface area contributed by atoms with Crippen LogP contribution in [0.25, 0.3) is 5.69 Å². The minimum absolute atomic E-state index is 0.0194. The monoisotopic (exact) mass is 460 g/mol. The van der Waals surface area contributed by atoms with Gasteiger partial charge in [0.1, 0.15) is 5.75 Å². The van der Waals surface area contributed by atoms with Crippen LogP contribution in [0.2, 0.25) is 0 Å². The van der Waals surface area contributed by atoms with Gasteiger partial charge in [0.2, 0.25) is 0 Å². The van der Waals surface area contributed by atoms with Gasteiger partial charge in [0.25, 0.3) is 5.56 Å². The molecule has 4 rings (SSSR count). The minimum Gasteiger partial charge on any atom is -0.497 e. The summed E-state index contributed by atoms with van der Waals surface area (Å²) < 4.78 is 8.02. The van der Waals surface area contributed by atoms with E-state index in [-0.39, 0.29) is 5.56 Å². The maximum atomic E-state index is 13.1.